The van der Waals surface area contributed by atoms with Gasteiger partial charge in [-0.1, -0.05) is 30.3 Å². The lowest BCUT2D eigenvalue weighted by atomic mass is 10.1. The average molecular weight is 247 g/mol. The number of hydrogen-bond donors (Lipinski definition) is 2. The Morgan fingerprint density at radius 2 is 1.74 bits per heavy atom. The number of aromatic amines is 2. The van der Waals surface area contributed by atoms with Crippen molar-refractivity contribution in [1.82, 2.24) is 15.0 Å². The van der Waals surface area contributed by atoms with Gasteiger partial charge in [0.2, 0.25) is 0 Å². The van der Waals surface area contributed by atoms with Gasteiger partial charge in [-0.05, 0) is 19.1 Å². The van der Waals surface area contributed by atoms with Crippen LogP contribution >= 0.6 is 0 Å². The van der Waals surface area contributed by atoms with Crippen molar-refractivity contribution in [1.29, 1.82) is 0 Å². The summed E-state index contributed by atoms with van der Waals surface area (Å²) in [5, 5.41) is 2.52. The molecule has 2 aromatic carbocycles. The molecule has 4 rings (SSSR count). The molecule has 0 radical (unpaired) electrons. The second-order valence-corrected chi connectivity index (χ2v) is 4.85. The van der Waals surface area contributed by atoms with E-state index in [0.717, 1.165) is 22.6 Å². The molecule has 92 valence electrons. The van der Waals surface area contributed by atoms with Gasteiger partial charge in [-0.3, -0.25) is 0 Å². The number of imidazole rings is 1. The Labute approximate surface area is 110 Å². The van der Waals surface area contributed by atoms with E-state index in [4.69, 9.17) is 0 Å². The Kier molecular flexibility index (Phi) is 2.03. The maximum absolute atomic E-state index is 4.38. The van der Waals surface area contributed by atoms with Crippen LogP contribution in [0.5, 0.6) is 0 Å². The predicted octanol–water partition coefficient (Wildman–Crippen LogP) is 4.02. The van der Waals surface area contributed by atoms with Gasteiger partial charge in [-0.25, -0.2) is 4.98 Å². The van der Waals surface area contributed by atoms with E-state index < -0.39 is 0 Å². The van der Waals surface area contributed by atoms with Crippen LogP contribution in [0.2, 0.25) is 0 Å². The van der Waals surface area contributed by atoms with Crippen molar-refractivity contribution in [2.24, 2.45) is 0 Å². The smallest absolute Gasteiger partial charge is 0.137 e. The fourth-order valence-corrected chi connectivity index (χ4v) is 2.56. The van der Waals surface area contributed by atoms with Crippen LogP contribution in [-0.4, -0.2) is 15.0 Å². The first-order valence-electron chi connectivity index (χ1n) is 6.34. The van der Waals surface area contributed by atoms with Gasteiger partial charge in [-0.15, -0.1) is 0 Å². The third-order valence-electron chi connectivity index (χ3n) is 3.48. The van der Waals surface area contributed by atoms with Crippen molar-refractivity contribution in [2.45, 2.75) is 6.92 Å². The van der Waals surface area contributed by atoms with Crippen molar-refractivity contribution in [3.8, 4) is 11.4 Å². The Morgan fingerprint density at radius 1 is 0.895 bits per heavy atom. The average Bonchev–Trinajstić information content (AvgIpc) is 3.01. The second kappa shape index (κ2) is 3.72. The zero-order valence-electron chi connectivity index (χ0n) is 10.6. The number of hydrogen-bond acceptors (Lipinski definition) is 1. The molecule has 2 heterocycles. The maximum atomic E-state index is 4.38. The monoisotopic (exact) mass is 247 g/mol. The first-order valence-corrected chi connectivity index (χ1v) is 6.34. The van der Waals surface area contributed by atoms with E-state index in [0.29, 0.717) is 0 Å². The summed E-state index contributed by atoms with van der Waals surface area (Å²) in [5.74, 6) is 0.915. The van der Waals surface area contributed by atoms with Crippen LogP contribution in [0.15, 0.2) is 48.7 Å². The summed E-state index contributed by atoms with van der Waals surface area (Å²) in [6, 6.07) is 14.8. The van der Waals surface area contributed by atoms with Crippen LogP contribution in [0.4, 0.5) is 0 Å². The molecule has 0 aliphatic heterocycles. The Hall–Kier alpha value is -2.55. The van der Waals surface area contributed by atoms with Gasteiger partial charge >= 0.3 is 0 Å². The number of nitrogens with one attached hydrogen (secondary N) is 2. The molecule has 4 aromatic rings. The molecule has 0 atom stereocenters. The fraction of sp³-hybridized carbons (Fsp3) is 0.0625. The second-order valence-electron chi connectivity index (χ2n) is 4.85. The van der Waals surface area contributed by atoms with Crippen molar-refractivity contribution >= 4 is 21.8 Å². The van der Waals surface area contributed by atoms with E-state index in [9.17, 15) is 0 Å². The number of aromatic nitrogens is 3. The van der Waals surface area contributed by atoms with Crippen molar-refractivity contribution in [3.05, 3.63) is 54.4 Å². The molecule has 3 heteroatoms. The molecule has 2 N–H and O–H groups in total. The number of nitrogens with zero attached hydrogens (tertiary/aromatic N) is 1. The maximum Gasteiger partial charge on any atom is 0.137 e. The zero-order chi connectivity index (χ0) is 12.8. The molecular formula is C16H13N3. The first kappa shape index (κ1) is 10.4. The molecule has 0 amide bonds. The van der Waals surface area contributed by atoms with Gasteiger partial charge in [-0.2, -0.15) is 0 Å². The van der Waals surface area contributed by atoms with E-state index in [1.165, 1.54) is 16.3 Å². The predicted molar refractivity (Wildman–Crippen MR) is 78.1 cm³/mol. The summed E-state index contributed by atoms with van der Waals surface area (Å²) in [4.78, 5) is 11.1. The summed E-state index contributed by atoms with van der Waals surface area (Å²) < 4.78 is 0. The lowest BCUT2D eigenvalue weighted by Crippen LogP contribution is -1.80. The Balaban J connectivity index is 1.99. The van der Waals surface area contributed by atoms with Gasteiger partial charge in [0.05, 0.1) is 0 Å². The summed E-state index contributed by atoms with van der Waals surface area (Å²) >= 11 is 0. The zero-order valence-corrected chi connectivity index (χ0v) is 10.6. The van der Waals surface area contributed by atoms with Crippen molar-refractivity contribution in [3.63, 3.8) is 0 Å². The van der Waals surface area contributed by atoms with Gasteiger partial charge in [0.15, 0.2) is 0 Å². The summed E-state index contributed by atoms with van der Waals surface area (Å²) in [5.41, 5.74) is 4.50. The lowest BCUT2D eigenvalue weighted by molar-refractivity contribution is 1.26. The molecule has 3 nitrogen and oxygen atoms in total. The molecule has 0 spiro atoms. The van der Waals surface area contributed by atoms with Crippen LogP contribution in [0.3, 0.4) is 0 Å². The van der Waals surface area contributed by atoms with E-state index in [1.807, 2.05) is 13.1 Å². The number of rotatable bonds is 1. The van der Waals surface area contributed by atoms with Crippen molar-refractivity contribution in [2.75, 3.05) is 0 Å². The first-order chi connectivity index (χ1) is 9.31. The lowest BCUT2D eigenvalue weighted by Gasteiger charge is -1.97. The molecule has 0 saturated heterocycles. The van der Waals surface area contributed by atoms with E-state index in [2.05, 4.69) is 57.4 Å². The number of H-pyrrole nitrogens is 2. The molecule has 0 unspecified atom stereocenters. The molecule has 0 aliphatic carbocycles. The Bertz CT molecular complexity index is 883. The standard InChI is InChI=1S/C16H13N3/c1-10-9-17-16(18-10)11-6-7-13-12-4-2-3-5-14(12)19-15(13)8-11/h2-9,19H,1H3,(H,17,18). The minimum atomic E-state index is 0.915. The summed E-state index contributed by atoms with van der Waals surface area (Å²) in [6.45, 7) is 2.01. The van der Waals surface area contributed by atoms with Crippen LogP contribution in [0.25, 0.3) is 33.2 Å². The third-order valence-corrected chi connectivity index (χ3v) is 3.48. The summed E-state index contributed by atoms with van der Waals surface area (Å²) in [6.07, 6.45) is 1.85. The highest BCUT2D eigenvalue weighted by molar-refractivity contribution is 6.07. The molecule has 0 aliphatic rings. The van der Waals surface area contributed by atoms with Gasteiger partial charge in [0.1, 0.15) is 5.82 Å². The van der Waals surface area contributed by atoms with Gasteiger partial charge in [0.25, 0.3) is 0 Å². The van der Waals surface area contributed by atoms with Gasteiger partial charge in [0, 0.05) is 39.3 Å². The van der Waals surface area contributed by atoms with Crippen LogP contribution in [0, 0.1) is 6.92 Å². The molecule has 19 heavy (non-hydrogen) atoms. The Morgan fingerprint density at radius 3 is 2.58 bits per heavy atom. The topological polar surface area (TPSA) is 44.5 Å². The largest absolute Gasteiger partial charge is 0.354 e. The third kappa shape index (κ3) is 1.55. The molecule has 0 fully saturated rings. The van der Waals surface area contributed by atoms with Crippen LogP contribution in [-0.2, 0) is 0 Å². The number of aryl methyl sites for hydroxylation is 1. The molecule has 0 bridgehead atoms. The minimum Gasteiger partial charge on any atom is -0.354 e. The number of fused-ring (bicyclic) bond motifs is 3. The number of benzene rings is 2. The highest BCUT2D eigenvalue weighted by atomic mass is 14.9. The minimum absolute atomic E-state index is 0.915. The van der Waals surface area contributed by atoms with E-state index >= 15 is 0 Å². The van der Waals surface area contributed by atoms with Crippen LogP contribution in [0.1, 0.15) is 5.69 Å². The van der Waals surface area contributed by atoms with Crippen molar-refractivity contribution < 1.29 is 0 Å². The fourth-order valence-electron chi connectivity index (χ4n) is 2.56. The van der Waals surface area contributed by atoms with Gasteiger partial charge < -0.3 is 9.97 Å². The highest BCUT2D eigenvalue weighted by Crippen LogP contribution is 2.28. The highest BCUT2D eigenvalue weighted by Gasteiger charge is 2.06. The quantitative estimate of drug-likeness (QED) is 0.524. The number of para-hydroxylation sites is 1. The van der Waals surface area contributed by atoms with E-state index in [-0.39, 0.29) is 0 Å². The SMILES string of the molecule is Cc1cnc(-c2ccc3c(c2)[nH]c2ccccc23)[nH]1. The summed E-state index contributed by atoms with van der Waals surface area (Å²) in [7, 11) is 0. The van der Waals surface area contributed by atoms with Crippen LogP contribution < -0.4 is 0 Å². The van der Waals surface area contributed by atoms with E-state index in [1.54, 1.807) is 0 Å². The molecule has 0 saturated carbocycles. The molecular weight excluding hydrogens is 234 g/mol. The molecule has 2 aromatic heterocycles. The normalized spacial score (nSPS) is 11.4.